The van der Waals surface area contributed by atoms with Crippen molar-refractivity contribution < 1.29 is 18.8 Å². The number of nitrogens with zero attached hydrogens (tertiary/aromatic N) is 3. The van der Waals surface area contributed by atoms with Crippen LogP contribution < -0.4 is 14.4 Å². The maximum Gasteiger partial charge on any atom is 0.254 e. The molecule has 0 saturated heterocycles. The Kier molecular flexibility index (Phi) is 6.89. The Morgan fingerprint density at radius 2 is 1.56 bits per heavy atom. The van der Waals surface area contributed by atoms with Crippen LogP contribution in [0.1, 0.15) is 35.3 Å². The van der Waals surface area contributed by atoms with Crippen molar-refractivity contribution in [3.05, 3.63) is 95.6 Å². The number of hydrogen-bond acceptors (Lipinski definition) is 6. The number of rotatable bonds is 9. The second-order valence-corrected chi connectivity index (χ2v) is 8.57. The summed E-state index contributed by atoms with van der Waals surface area (Å²) in [5, 5.41) is 4.45. The molecule has 1 amide bonds. The van der Waals surface area contributed by atoms with Gasteiger partial charge in [0.05, 0.1) is 12.1 Å². The largest absolute Gasteiger partial charge is 0.454 e. The van der Waals surface area contributed by atoms with Crippen molar-refractivity contribution in [2.45, 2.75) is 26.9 Å². The Labute approximate surface area is 210 Å². The maximum atomic E-state index is 13.9. The number of carbonyl (C=O) groups excluding carboxylic acids is 1. The Bertz CT molecular complexity index is 1320. The van der Waals surface area contributed by atoms with Gasteiger partial charge in [0.15, 0.2) is 11.5 Å². The molecule has 1 aromatic heterocycles. The number of aromatic nitrogens is 1. The predicted molar refractivity (Wildman–Crippen MR) is 138 cm³/mol. The fourth-order valence-electron chi connectivity index (χ4n) is 4.43. The lowest BCUT2D eigenvalue weighted by Crippen LogP contribution is -2.31. The summed E-state index contributed by atoms with van der Waals surface area (Å²) in [4.78, 5) is 17.9. The number of anilines is 1. The van der Waals surface area contributed by atoms with E-state index in [1.807, 2.05) is 65.6 Å². The van der Waals surface area contributed by atoms with E-state index < -0.39 is 0 Å². The highest BCUT2D eigenvalue weighted by atomic mass is 16.7. The SMILES string of the molecule is CCN(CC)c1onc(-c2ccccc2)c1CN(Cc1ccccc1)C(=O)c1ccc2c(c1)OCO2. The highest BCUT2D eigenvalue weighted by Crippen LogP contribution is 2.35. The number of fused-ring (bicyclic) bond motifs is 1. The molecule has 0 atom stereocenters. The van der Waals surface area contributed by atoms with Crippen molar-refractivity contribution in [3.63, 3.8) is 0 Å². The zero-order chi connectivity index (χ0) is 24.9. The zero-order valence-electron chi connectivity index (χ0n) is 20.5. The minimum Gasteiger partial charge on any atom is -0.454 e. The zero-order valence-corrected chi connectivity index (χ0v) is 20.5. The van der Waals surface area contributed by atoms with Crippen molar-refractivity contribution in [1.82, 2.24) is 10.1 Å². The molecule has 36 heavy (non-hydrogen) atoms. The lowest BCUT2D eigenvalue weighted by atomic mass is 10.1. The summed E-state index contributed by atoms with van der Waals surface area (Å²) in [5.41, 5.74) is 4.15. The van der Waals surface area contributed by atoms with Gasteiger partial charge >= 0.3 is 0 Å². The van der Waals surface area contributed by atoms with Gasteiger partial charge in [-0.1, -0.05) is 65.8 Å². The first-order chi connectivity index (χ1) is 17.7. The first kappa shape index (κ1) is 23.5. The van der Waals surface area contributed by atoms with E-state index in [-0.39, 0.29) is 12.7 Å². The van der Waals surface area contributed by atoms with Gasteiger partial charge in [-0.25, -0.2) is 0 Å². The second kappa shape index (κ2) is 10.6. The molecule has 0 fully saturated rings. The van der Waals surface area contributed by atoms with Crippen LogP contribution in [0.3, 0.4) is 0 Å². The third-order valence-corrected chi connectivity index (χ3v) is 6.34. The summed E-state index contributed by atoms with van der Waals surface area (Å²) < 4.78 is 16.9. The molecule has 3 aromatic carbocycles. The average molecular weight is 484 g/mol. The van der Waals surface area contributed by atoms with E-state index in [9.17, 15) is 4.79 Å². The van der Waals surface area contributed by atoms with Crippen LogP contribution in [0.5, 0.6) is 11.5 Å². The number of hydrogen-bond donors (Lipinski definition) is 0. The molecule has 0 spiro atoms. The Morgan fingerprint density at radius 3 is 2.28 bits per heavy atom. The van der Waals surface area contributed by atoms with Crippen LogP contribution in [0.4, 0.5) is 5.88 Å². The summed E-state index contributed by atoms with van der Waals surface area (Å²) in [6, 6.07) is 25.2. The Hall–Kier alpha value is -4.26. The Morgan fingerprint density at radius 1 is 0.861 bits per heavy atom. The molecule has 0 unspecified atom stereocenters. The van der Waals surface area contributed by atoms with Crippen LogP contribution >= 0.6 is 0 Å². The molecular weight excluding hydrogens is 454 g/mol. The molecule has 1 aliphatic heterocycles. The molecule has 0 N–H and O–H groups in total. The molecule has 0 radical (unpaired) electrons. The van der Waals surface area contributed by atoms with Gasteiger partial charge in [0.2, 0.25) is 12.7 Å². The molecule has 7 nitrogen and oxygen atoms in total. The minimum absolute atomic E-state index is 0.108. The van der Waals surface area contributed by atoms with Crippen LogP contribution in [-0.2, 0) is 13.1 Å². The van der Waals surface area contributed by atoms with E-state index in [2.05, 4.69) is 23.9 Å². The normalized spacial score (nSPS) is 11.9. The molecule has 0 bridgehead atoms. The first-order valence-corrected chi connectivity index (χ1v) is 12.2. The quantitative estimate of drug-likeness (QED) is 0.302. The molecule has 4 aromatic rings. The van der Waals surface area contributed by atoms with Gasteiger partial charge in [0, 0.05) is 30.8 Å². The van der Waals surface area contributed by atoms with Crippen molar-refractivity contribution >= 4 is 11.8 Å². The van der Waals surface area contributed by atoms with Gasteiger partial charge < -0.3 is 23.8 Å². The molecule has 184 valence electrons. The molecule has 0 aliphatic carbocycles. The summed E-state index contributed by atoms with van der Waals surface area (Å²) in [6.45, 7) is 6.63. The number of ether oxygens (including phenoxy) is 2. The van der Waals surface area contributed by atoms with Crippen LogP contribution in [-0.4, -0.2) is 35.8 Å². The van der Waals surface area contributed by atoms with Gasteiger partial charge in [-0.05, 0) is 37.6 Å². The highest BCUT2D eigenvalue weighted by molar-refractivity contribution is 5.95. The summed E-state index contributed by atoms with van der Waals surface area (Å²) >= 11 is 0. The summed E-state index contributed by atoms with van der Waals surface area (Å²) in [6.07, 6.45) is 0. The van der Waals surface area contributed by atoms with Crippen LogP contribution in [0, 0.1) is 0 Å². The van der Waals surface area contributed by atoms with E-state index in [4.69, 9.17) is 14.0 Å². The second-order valence-electron chi connectivity index (χ2n) is 8.57. The number of carbonyl (C=O) groups is 1. The molecule has 2 heterocycles. The number of amides is 1. The van der Waals surface area contributed by atoms with Crippen molar-refractivity contribution in [3.8, 4) is 22.8 Å². The minimum atomic E-state index is -0.108. The number of benzene rings is 3. The predicted octanol–water partition coefficient (Wildman–Crippen LogP) is 5.76. The first-order valence-electron chi connectivity index (χ1n) is 12.2. The standard InChI is InChI=1S/C29H29N3O4/c1-3-31(4-2)29-24(27(30-36-29)22-13-9-6-10-14-22)19-32(18-21-11-7-5-8-12-21)28(33)23-15-16-25-26(17-23)35-20-34-25/h5-17H,3-4,18-20H2,1-2H3. The molecule has 1 aliphatic rings. The third kappa shape index (κ3) is 4.77. The van der Waals surface area contributed by atoms with Gasteiger partial charge in [0.1, 0.15) is 5.69 Å². The van der Waals surface area contributed by atoms with Crippen molar-refractivity contribution in [1.29, 1.82) is 0 Å². The van der Waals surface area contributed by atoms with Gasteiger partial charge in [-0.2, -0.15) is 0 Å². The highest BCUT2D eigenvalue weighted by Gasteiger charge is 2.27. The monoisotopic (exact) mass is 483 g/mol. The van der Waals surface area contributed by atoms with Gasteiger partial charge in [-0.3, -0.25) is 4.79 Å². The van der Waals surface area contributed by atoms with Crippen LogP contribution in [0.15, 0.2) is 83.4 Å². The third-order valence-electron chi connectivity index (χ3n) is 6.34. The molecule has 7 heteroatoms. The Balaban J connectivity index is 1.56. The van der Waals surface area contributed by atoms with E-state index in [0.29, 0.717) is 36.0 Å². The lowest BCUT2D eigenvalue weighted by molar-refractivity contribution is 0.0730. The van der Waals surface area contributed by atoms with Crippen molar-refractivity contribution in [2.24, 2.45) is 0 Å². The molecular formula is C29H29N3O4. The summed E-state index contributed by atoms with van der Waals surface area (Å²) in [5.74, 6) is 1.81. The van der Waals surface area contributed by atoms with E-state index in [1.54, 1.807) is 18.2 Å². The van der Waals surface area contributed by atoms with Crippen LogP contribution in [0.25, 0.3) is 11.3 Å². The van der Waals surface area contributed by atoms with Gasteiger partial charge in [0.25, 0.3) is 5.91 Å². The summed E-state index contributed by atoms with van der Waals surface area (Å²) in [7, 11) is 0. The van der Waals surface area contributed by atoms with E-state index >= 15 is 0 Å². The average Bonchev–Trinajstić information content (AvgIpc) is 3.57. The van der Waals surface area contributed by atoms with Crippen molar-refractivity contribution in [2.75, 3.05) is 24.8 Å². The van der Waals surface area contributed by atoms with E-state index in [0.717, 1.165) is 35.5 Å². The fraction of sp³-hybridized carbons (Fsp3) is 0.241. The van der Waals surface area contributed by atoms with Gasteiger partial charge in [-0.15, -0.1) is 0 Å². The maximum absolute atomic E-state index is 13.9. The molecule has 5 rings (SSSR count). The smallest absolute Gasteiger partial charge is 0.254 e. The van der Waals surface area contributed by atoms with Crippen LogP contribution in [0.2, 0.25) is 0 Å². The fourth-order valence-corrected chi connectivity index (χ4v) is 4.43. The molecule has 0 saturated carbocycles. The van der Waals surface area contributed by atoms with E-state index in [1.165, 1.54) is 0 Å². The topological polar surface area (TPSA) is 68.0 Å². The lowest BCUT2D eigenvalue weighted by Gasteiger charge is -2.25.